The third-order valence-electron chi connectivity index (χ3n) is 6.31. The van der Waals surface area contributed by atoms with Crippen molar-refractivity contribution in [2.24, 2.45) is 0 Å². The predicted molar refractivity (Wildman–Crippen MR) is 122 cm³/mol. The minimum absolute atomic E-state index is 0.0452. The molecule has 1 fully saturated rings. The van der Waals surface area contributed by atoms with E-state index in [1.54, 1.807) is 24.0 Å². The Labute approximate surface area is 184 Å². The number of hydrogen-bond acceptors (Lipinski definition) is 3. The number of nitrogens with zero attached hydrogens (tertiary/aromatic N) is 2. The summed E-state index contributed by atoms with van der Waals surface area (Å²) in [4.78, 5) is 29.4. The van der Waals surface area contributed by atoms with Gasteiger partial charge in [-0.1, -0.05) is 38.1 Å². The molecule has 0 bridgehead atoms. The van der Waals surface area contributed by atoms with E-state index < -0.39 is 0 Å². The lowest BCUT2D eigenvalue weighted by Gasteiger charge is -2.37. The van der Waals surface area contributed by atoms with Crippen molar-refractivity contribution >= 4 is 17.5 Å². The first-order valence-electron chi connectivity index (χ1n) is 11.0. The summed E-state index contributed by atoms with van der Waals surface area (Å²) in [6, 6.07) is 12.2. The zero-order valence-electron chi connectivity index (χ0n) is 18.8. The van der Waals surface area contributed by atoms with Gasteiger partial charge in [0.15, 0.2) is 0 Å². The lowest BCUT2D eigenvalue weighted by Crippen LogP contribution is -2.54. The smallest absolute Gasteiger partial charge is 0.254 e. The normalized spacial score (nSPS) is 16.6. The molecule has 2 unspecified atom stereocenters. The van der Waals surface area contributed by atoms with Gasteiger partial charge in [0.05, 0.1) is 6.04 Å². The van der Waals surface area contributed by atoms with Crippen molar-refractivity contribution in [3.05, 3.63) is 65.0 Å². The molecule has 31 heavy (non-hydrogen) atoms. The zero-order valence-corrected chi connectivity index (χ0v) is 18.8. The number of amides is 2. The van der Waals surface area contributed by atoms with E-state index in [0.717, 1.165) is 17.7 Å². The van der Waals surface area contributed by atoms with Crippen molar-refractivity contribution in [3.8, 4) is 0 Å². The fourth-order valence-electron chi connectivity index (χ4n) is 3.88. The van der Waals surface area contributed by atoms with Crippen LogP contribution in [-0.2, 0) is 4.79 Å². The number of halogens is 1. The minimum Gasteiger partial charge on any atom is -0.336 e. The molecule has 166 valence electrons. The van der Waals surface area contributed by atoms with Crippen LogP contribution in [0.4, 0.5) is 10.1 Å². The van der Waals surface area contributed by atoms with Crippen molar-refractivity contribution in [2.45, 2.75) is 46.1 Å². The molecule has 2 aromatic carbocycles. The molecule has 1 aliphatic heterocycles. The Kier molecular flexibility index (Phi) is 7.44. The van der Waals surface area contributed by atoms with Crippen LogP contribution in [0, 0.1) is 12.7 Å². The molecule has 1 saturated heterocycles. The third-order valence-corrected chi connectivity index (χ3v) is 6.31. The van der Waals surface area contributed by atoms with E-state index in [1.165, 1.54) is 6.07 Å². The Bertz CT molecular complexity index is 938. The Balaban J connectivity index is 1.59. The summed E-state index contributed by atoms with van der Waals surface area (Å²) < 4.78 is 13.8. The Morgan fingerprint density at radius 1 is 1.06 bits per heavy atom. The summed E-state index contributed by atoms with van der Waals surface area (Å²) >= 11 is 0. The number of hydrogen-bond donors (Lipinski definition) is 1. The van der Waals surface area contributed by atoms with Crippen molar-refractivity contribution < 1.29 is 14.0 Å². The highest BCUT2D eigenvalue weighted by atomic mass is 19.1. The molecule has 1 N–H and O–H groups in total. The summed E-state index contributed by atoms with van der Waals surface area (Å²) in [5.74, 6) is -0.213. The molecule has 2 atom stereocenters. The fraction of sp³-hybridized carbons (Fsp3) is 0.440. The van der Waals surface area contributed by atoms with Crippen LogP contribution < -0.4 is 5.32 Å². The van der Waals surface area contributed by atoms with Crippen molar-refractivity contribution in [1.82, 2.24) is 9.80 Å². The summed E-state index contributed by atoms with van der Waals surface area (Å²) in [5.41, 5.74) is 2.90. The van der Waals surface area contributed by atoms with Crippen LogP contribution in [0.15, 0.2) is 42.5 Å². The second kappa shape index (κ2) is 10.1. The van der Waals surface area contributed by atoms with Gasteiger partial charge in [0.1, 0.15) is 5.82 Å². The third kappa shape index (κ3) is 5.31. The van der Waals surface area contributed by atoms with Gasteiger partial charge in [-0.05, 0) is 55.5 Å². The predicted octanol–water partition coefficient (Wildman–Crippen LogP) is 4.43. The van der Waals surface area contributed by atoms with Crippen molar-refractivity contribution in [1.29, 1.82) is 0 Å². The van der Waals surface area contributed by atoms with E-state index >= 15 is 0 Å². The van der Waals surface area contributed by atoms with E-state index in [-0.39, 0.29) is 23.7 Å². The molecule has 1 heterocycles. The molecule has 0 saturated carbocycles. The van der Waals surface area contributed by atoms with Crippen LogP contribution in [-0.4, -0.2) is 53.8 Å². The van der Waals surface area contributed by atoms with Gasteiger partial charge in [-0.25, -0.2) is 4.39 Å². The number of carbonyl (C=O) groups is 2. The quantitative estimate of drug-likeness (QED) is 0.745. The van der Waals surface area contributed by atoms with Gasteiger partial charge in [-0.3, -0.25) is 14.5 Å². The number of benzene rings is 2. The number of piperazine rings is 1. The van der Waals surface area contributed by atoms with Crippen molar-refractivity contribution in [3.63, 3.8) is 0 Å². The zero-order chi connectivity index (χ0) is 22.5. The number of aryl methyl sites for hydroxylation is 1. The van der Waals surface area contributed by atoms with E-state index in [4.69, 9.17) is 0 Å². The lowest BCUT2D eigenvalue weighted by molar-refractivity contribution is -0.121. The molecule has 0 aromatic heterocycles. The molecule has 5 nitrogen and oxygen atoms in total. The number of carbonyl (C=O) groups excluding carboxylic acids is 2. The van der Waals surface area contributed by atoms with E-state index in [1.807, 2.05) is 25.1 Å². The van der Waals surface area contributed by atoms with Crippen molar-refractivity contribution in [2.75, 3.05) is 31.5 Å². The molecule has 2 aromatic rings. The highest BCUT2D eigenvalue weighted by Gasteiger charge is 2.28. The number of para-hydroxylation sites is 1. The van der Waals surface area contributed by atoms with Crippen LogP contribution in [0.3, 0.4) is 0 Å². The maximum absolute atomic E-state index is 13.8. The van der Waals surface area contributed by atoms with Gasteiger partial charge in [0, 0.05) is 37.4 Å². The first-order chi connectivity index (χ1) is 14.8. The first kappa shape index (κ1) is 22.9. The van der Waals surface area contributed by atoms with Gasteiger partial charge >= 0.3 is 0 Å². The molecule has 0 radical (unpaired) electrons. The molecule has 1 aliphatic rings. The molecule has 3 rings (SSSR count). The lowest BCUT2D eigenvalue weighted by atomic mass is 9.97. The molecule has 2 amide bonds. The average Bonchev–Trinajstić information content (AvgIpc) is 2.79. The fourth-order valence-corrected chi connectivity index (χ4v) is 3.88. The van der Waals surface area contributed by atoms with Crippen LogP contribution >= 0.6 is 0 Å². The van der Waals surface area contributed by atoms with Gasteiger partial charge in [-0.2, -0.15) is 0 Å². The van der Waals surface area contributed by atoms with Gasteiger partial charge < -0.3 is 10.2 Å². The molecular weight excluding hydrogens is 393 g/mol. The van der Waals surface area contributed by atoms with Gasteiger partial charge in [0.2, 0.25) is 5.91 Å². The van der Waals surface area contributed by atoms with Crippen LogP contribution in [0.5, 0.6) is 0 Å². The minimum atomic E-state index is -0.368. The molecule has 6 heteroatoms. The Morgan fingerprint density at radius 3 is 2.39 bits per heavy atom. The summed E-state index contributed by atoms with van der Waals surface area (Å²) in [7, 11) is 0. The molecule has 0 spiro atoms. The first-order valence-corrected chi connectivity index (χ1v) is 11.0. The summed E-state index contributed by atoms with van der Waals surface area (Å²) in [6.45, 7) is 10.1. The summed E-state index contributed by atoms with van der Waals surface area (Å²) in [6.07, 6.45) is 1.00. The highest BCUT2D eigenvalue weighted by molar-refractivity contribution is 5.96. The van der Waals surface area contributed by atoms with E-state index in [2.05, 4.69) is 30.1 Å². The van der Waals surface area contributed by atoms with Crippen LogP contribution in [0.1, 0.15) is 54.6 Å². The van der Waals surface area contributed by atoms with E-state index in [9.17, 15) is 14.0 Å². The standard InChI is InChI=1S/C25H32FN3O2/c1-5-17(2)21-8-6-7-9-23(21)27-24(30)19(4)28-12-14-29(15-13-28)25(31)20-11-10-18(3)22(26)16-20/h6-11,16-17,19H,5,12-15H2,1-4H3,(H,27,30). The van der Waals surface area contributed by atoms with Gasteiger partial charge in [0.25, 0.3) is 5.91 Å². The second-order valence-corrected chi connectivity index (χ2v) is 8.35. The van der Waals surface area contributed by atoms with Crippen LogP contribution in [0.25, 0.3) is 0 Å². The topological polar surface area (TPSA) is 52.7 Å². The number of anilines is 1. The average molecular weight is 426 g/mol. The SMILES string of the molecule is CCC(C)c1ccccc1NC(=O)C(C)N1CCN(C(=O)c2ccc(C)c(F)c2)CC1. The largest absolute Gasteiger partial charge is 0.336 e. The molecular formula is C25H32FN3O2. The summed E-state index contributed by atoms with van der Waals surface area (Å²) in [5, 5.41) is 3.09. The Hall–Kier alpha value is -2.73. The maximum atomic E-state index is 13.8. The maximum Gasteiger partial charge on any atom is 0.254 e. The Morgan fingerprint density at radius 2 is 1.74 bits per heavy atom. The van der Waals surface area contributed by atoms with Gasteiger partial charge in [-0.15, -0.1) is 0 Å². The monoisotopic (exact) mass is 425 g/mol. The number of rotatable bonds is 6. The number of nitrogens with one attached hydrogen (secondary N) is 1. The second-order valence-electron chi connectivity index (χ2n) is 8.35. The van der Waals surface area contributed by atoms with E-state index in [0.29, 0.717) is 43.2 Å². The highest BCUT2D eigenvalue weighted by Crippen LogP contribution is 2.27. The molecule has 0 aliphatic carbocycles. The van der Waals surface area contributed by atoms with Crippen LogP contribution in [0.2, 0.25) is 0 Å².